The summed E-state index contributed by atoms with van der Waals surface area (Å²) in [5, 5.41) is 0. The minimum absolute atomic E-state index is 0.0648. The zero-order valence-electron chi connectivity index (χ0n) is 10.4. The molecule has 0 spiro atoms. The van der Waals surface area contributed by atoms with E-state index >= 15 is 0 Å². The summed E-state index contributed by atoms with van der Waals surface area (Å²) in [6.45, 7) is 1.88. The van der Waals surface area contributed by atoms with E-state index in [2.05, 4.69) is 11.9 Å². The molecule has 1 heterocycles. The van der Waals surface area contributed by atoms with E-state index in [4.69, 9.17) is 15.4 Å². The Balaban J connectivity index is 2.53. The number of rotatable bonds is 2. The monoisotopic (exact) mass is 289 g/mol. The summed E-state index contributed by atoms with van der Waals surface area (Å²) in [5.41, 5.74) is 2.18. The molecule has 0 atom stereocenters. The molecule has 1 aromatic rings. The molecule has 4 nitrogen and oxygen atoms in total. The van der Waals surface area contributed by atoms with Crippen molar-refractivity contribution < 1.29 is 13.2 Å². The van der Waals surface area contributed by atoms with E-state index in [9.17, 15) is 8.42 Å². The first-order chi connectivity index (χ1) is 8.41. The Morgan fingerprint density at radius 2 is 1.78 bits per heavy atom. The van der Waals surface area contributed by atoms with E-state index in [-0.39, 0.29) is 4.90 Å². The van der Waals surface area contributed by atoms with Gasteiger partial charge in [0.05, 0.1) is 7.11 Å². The number of hydrogen-bond acceptors (Lipinski definition) is 4. The summed E-state index contributed by atoms with van der Waals surface area (Å²) in [6.07, 6.45) is 1.72. The van der Waals surface area contributed by atoms with Gasteiger partial charge in [-0.3, -0.25) is 0 Å². The molecule has 0 saturated heterocycles. The van der Waals surface area contributed by atoms with Gasteiger partial charge in [0.25, 0.3) is 9.05 Å². The highest BCUT2D eigenvalue weighted by atomic mass is 35.7. The van der Waals surface area contributed by atoms with Crippen molar-refractivity contribution in [3.63, 3.8) is 0 Å². The minimum Gasteiger partial charge on any atom is -0.495 e. The summed E-state index contributed by atoms with van der Waals surface area (Å²) >= 11 is 0. The Kier molecular flexibility index (Phi) is 3.84. The third-order valence-corrected chi connectivity index (χ3v) is 4.62. The van der Waals surface area contributed by atoms with Crippen molar-refractivity contribution >= 4 is 19.7 Å². The summed E-state index contributed by atoms with van der Waals surface area (Å²) in [6, 6.07) is 3.44. The third kappa shape index (κ3) is 2.79. The van der Waals surface area contributed by atoms with Crippen LogP contribution < -0.4 is 4.74 Å². The molecular weight excluding hydrogens is 274 g/mol. The smallest absolute Gasteiger partial charge is 0.264 e. The van der Waals surface area contributed by atoms with E-state index in [0.29, 0.717) is 5.75 Å². The zero-order valence-corrected chi connectivity index (χ0v) is 12.0. The third-order valence-electron chi connectivity index (χ3n) is 3.27. The van der Waals surface area contributed by atoms with Crippen LogP contribution in [-0.4, -0.2) is 40.6 Å². The van der Waals surface area contributed by atoms with Gasteiger partial charge in [0.2, 0.25) is 0 Å². The van der Waals surface area contributed by atoms with Crippen molar-refractivity contribution in [2.75, 3.05) is 27.2 Å². The normalized spacial score (nSPS) is 17.1. The summed E-state index contributed by atoms with van der Waals surface area (Å²) < 4.78 is 28.2. The Morgan fingerprint density at radius 3 is 2.28 bits per heavy atom. The van der Waals surface area contributed by atoms with Gasteiger partial charge in [0.15, 0.2) is 0 Å². The SMILES string of the molecule is COc1cc2c(cc1S(=O)(=O)Cl)CCN(C)CC2. The Hall–Kier alpha value is -0.780. The van der Waals surface area contributed by atoms with E-state index in [1.165, 1.54) is 7.11 Å². The van der Waals surface area contributed by atoms with Crippen LogP contribution in [0.3, 0.4) is 0 Å². The molecule has 1 aromatic carbocycles. The lowest BCUT2D eigenvalue weighted by atomic mass is 10.0. The largest absolute Gasteiger partial charge is 0.495 e. The van der Waals surface area contributed by atoms with Gasteiger partial charge < -0.3 is 9.64 Å². The number of ether oxygens (including phenoxy) is 1. The molecule has 0 fully saturated rings. The number of fused-ring (bicyclic) bond motifs is 1. The summed E-state index contributed by atoms with van der Waals surface area (Å²) in [7, 11) is 5.18. The lowest BCUT2D eigenvalue weighted by Gasteiger charge is -2.11. The maximum Gasteiger partial charge on any atom is 0.264 e. The van der Waals surface area contributed by atoms with E-state index < -0.39 is 9.05 Å². The maximum atomic E-state index is 11.5. The van der Waals surface area contributed by atoms with Crippen molar-refractivity contribution in [3.05, 3.63) is 23.3 Å². The highest BCUT2D eigenvalue weighted by Gasteiger charge is 2.21. The molecule has 0 aromatic heterocycles. The van der Waals surface area contributed by atoms with Crippen molar-refractivity contribution in [1.82, 2.24) is 4.90 Å². The highest BCUT2D eigenvalue weighted by molar-refractivity contribution is 8.13. The molecular formula is C12H16ClNO3S. The molecule has 100 valence electrons. The second-order valence-corrected chi connectivity index (χ2v) is 7.05. The van der Waals surface area contributed by atoms with Gasteiger partial charge in [0, 0.05) is 23.8 Å². The molecule has 0 unspecified atom stereocenters. The van der Waals surface area contributed by atoms with E-state index in [1.54, 1.807) is 12.1 Å². The van der Waals surface area contributed by atoms with Gasteiger partial charge in [-0.25, -0.2) is 8.42 Å². The number of methoxy groups -OCH3 is 1. The van der Waals surface area contributed by atoms with Crippen LogP contribution in [0.4, 0.5) is 0 Å². The predicted octanol–water partition coefficient (Wildman–Crippen LogP) is 1.65. The minimum atomic E-state index is -3.77. The fourth-order valence-corrected chi connectivity index (χ4v) is 3.22. The van der Waals surface area contributed by atoms with Crippen LogP contribution in [0.15, 0.2) is 17.0 Å². The van der Waals surface area contributed by atoms with Gasteiger partial charge in [-0.15, -0.1) is 0 Å². The van der Waals surface area contributed by atoms with Crippen molar-refractivity contribution in [2.24, 2.45) is 0 Å². The molecule has 18 heavy (non-hydrogen) atoms. The fraction of sp³-hybridized carbons (Fsp3) is 0.500. The highest BCUT2D eigenvalue weighted by Crippen LogP contribution is 2.31. The molecule has 0 amide bonds. The van der Waals surface area contributed by atoms with E-state index in [1.807, 2.05) is 0 Å². The molecule has 6 heteroatoms. The van der Waals surface area contributed by atoms with Crippen LogP contribution in [0.2, 0.25) is 0 Å². The second-order valence-electron chi connectivity index (χ2n) is 4.51. The standard InChI is InChI=1S/C12H16ClNO3S/c1-14-5-3-9-7-11(17-2)12(18(13,15)16)8-10(9)4-6-14/h7-8H,3-6H2,1-2H3. The lowest BCUT2D eigenvalue weighted by molar-refractivity contribution is 0.352. The topological polar surface area (TPSA) is 46.6 Å². The van der Waals surface area contributed by atoms with Crippen LogP contribution in [-0.2, 0) is 21.9 Å². The van der Waals surface area contributed by atoms with Crippen LogP contribution in [0.5, 0.6) is 5.75 Å². The zero-order chi connectivity index (χ0) is 13.3. The number of hydrogen-bond donors (Lipinski definition) is 0. The summed E-state index contributed by atoms with van der Waals surface area (Å²) in [5.74, 6) is 0.327. The number of likely N-dealkylation sites (N-methyl/N-ethyl adjacent to an activating group) is 1. The molecule has 0 N–H and O–H groups in total. The Labute approximate surface area is 112 Å². The number of nitrogens with zero attached hydrogens (tertiary/aromatic N) is 1. The first-order valence-electron chi connectivity index (χ1n) is 5.75. The van der Waals surface area contributed by atoms with Gasteiger partial charge >= 0.3 is 0 Å². The van der Waals surface area contributed by atoms with Crippen LogP contribution in [0, 0.1) is 0 Å². The van der Waals surface area contributed by atoms with Gasteiger partial charge in [-0.1, -0.05) is 0 Å². The average molecular weight is 290 g/mol. The number of halogens is 1. The van der Waals surface area contributed by atoms with Gasteiger partial charge in [-0.05, 0) is 43.1 Å². The fourth-order valence-electron chi connectivity index (χ4n) is 2.19. The van der Waals surface area contributed by atoms with Crippen molar-refractivity contribution in [3.8, 4) is 5.75 Å². The Bertz CT molecular complexity index is 557. The molecule has 0 saturated carbocycles. The molecule has 1 aliphatic heterocycles. The van der Waals surface area contributed by atoms with Gasteiger partial charge in [-0.2, -0.15) is 0 Å². The molecule has 0 radical (unpaired) electrons. The number of benzene rings is 1. The van der Waals surface area contributed by atoms with Crippen molar-refractivity contribution in [1.29, 1.82) is 0 Å². The molecule has 1 aliphatic rings. The van der Waals surface area contributed by atoms with Crippen LogP contribution >= 0.6 is 10.7 Å². The first kappa shape index (κ1) is 13.6. The van der Waals surface area contributed by atoms with Crippen LogP contribution in [0.25, 0.3) is 0 Å². The summed E-state index contributed by atoms with van der Waals surface area (Å²) in [4.78, 5) is 2.29. The Morgan fingerprint density at radius 1 is 1.22 bits per heavy atom. The quantitative estimate of drug-likeness (QED) is 0.777. The molecule has 0 bridgehead atoms. The predicted molar refractivity (Wildman–Crippen MR) is 70.9 cm³/mol. The molecule has 2 rings (SSSR count). The average Bonchev–Trinajstić information content (AvgIpc) is 2.49. The lowest BCUT2D eigenvalue weighted by Crippen LogP contribution is -2.20. The van der Waals surface area contributed by atoms with E-state index in [0.717, 1.165) is 37.1 Å². The van der Waals surface area contributed by atoms with Crippen LogP contribution in [0.1, 0.15) is 11.1 Å². The van der Waals surface area contributed by atoms with Crippen molar-refractivity contribution in [2.45, 2.75) is 17.7 Å². The maximum absolute atomic E-state index is 11.5. The molecule has 0 aliphatic carbocycles. The van der Waals surface area contributed by atoms with Gasteiger partial charge in [0.1, 0.15) is 10.6 Å². The first-order valence-corrected chi connectivity index (χ1v) is 8.05. The second kappa shape index (κ2) is 5.07.